The highest BCUT2D eigenvalue weighted by molar-refractivity contribution is 6.09. The Labute approximate surface area is 140 Å². The first-order valence-corrected chi connectivity index (χ1v) is 8.11. The zero-order chi connectivity index (χ0) is 16.8. The topological polar surface area (TPSA) is 42.7 Å². The molecule has 0 aliphatic carbocycles. The third kappa shape index (κ3) is 2.10. The second kappa shape index (κ2) is 5.41. The Morgan fingerprint density at radius 3 is 2.58 bits per heavy atom. The molecule has 0 fully saturated rings. The van der Waals surface area contributed by atoms with Crippen LogP contribution in [-0.4, -0.2) is 19.1 Å². The van der Waals surface area contributed by atoms with Gasteiger partial charge in [0.1, 0.15) is 17.9 Å². The third-order valence-corrected chi connectivity index (χ3v) is 4.65. The number of hydrogen-bond acceptors (Lipinski definition) is 3. The fourth-order valence-corrected chi connectivity index (χ4v) is 3.38. The highest BCUT2D eigenvalue weighted by atomic mass is 16.5. The zero-order valence-corrected chi connectivity index (χ0v) is 14.1. The number of carbonyl (C=O) groups is 1. The molecule has 0 N–H and O–H groups in total. The van der Waals surface area contributed by atoms with Crippen LogP contribution in [0.5, 0.6) is 5.75 Å². The summed E-state index contributed by atoms with van der Waals surface area (Å²) < 4.78 is 11.7. The van der Waals surface area contributed by atoms with E-state index in [1.54, 1.807) is 4.90 Å². The summed E-state index contributed by atoms with van der Waals surface area (Å²) in [5, 5.41) is 1.04. The van der Waals surface area contributed by atoms with Gasteiger partial charge in [-0.15, -0.1) is 0 Å². The van der Waals surface area contributed by atoms with Crippen LogP contribution >= 0.6 is 0 Å². The summed E-state index contributed by atoms with van der Waals surface area (Å²) in [7, 11) is 0. The van der Waals surface area contributed by atoms with Gasteiger partial charge < -0.3 is 9.15 Å². The Kier molecular flexibility index (Phi) is 3.34. The lowest BCUT2D eigenvalue weighted by Crippen LogP contribution is -2.38. The summed E-state index contributed by atoms with van der Waals surface area (Å²) in [4.78, 5) is 14.9. The maximum absolute atomic E-state index is 13.2. The molecule has 0 atom stereocenters. The van der Waals surface area contributed by atoms with E-state index < -0.39 is 0 Å². The van der Waals surface area contributed by atoms with Gasteiger partial charge in [0.2, 0.25) is 0 Å². The van der Waals surface area contributed by atoms with Crippen LogP contribution in [0.1, 0.15) is 27.2 Å². The van der Waals surface area contributed by atoms with Crippen molar-refractivity contribution >= 4 is 22.6 Å². The quantitative estimate of drug-likeness (QED) is 0.667. The molecule has 2 aromatic carbocycles. The number of hydrogen-bond donors (Lipinski definition) is 0. The molecule has 3 aromatic rings. The van der Waals surface area contributed by atoms with Crippen molar-refractivity contribution in [2.75, 3.05) is 18.1 Å². The Morgan fingerprint density at radius 1 is 1.04 bits per heavy atom. The van der Waals surface area contributed by atoms with Gasteiger partial charge in [-0.3, -0.25) is 9.69 Å². The second-order valence-corrected chi connectivity index (χ2v) is 6.23. The maximum atomic E-state index is 13.2. The summed E-state index contributed by atoms with van der Waals surface area (Å²) in [5.41, 5.74) is 4.66. The van der Waals surface area contributed by atoms with Gasteiger partial charge in [0.15, 0.2) is 5.76 Å². The molecule has 4 rings (SSSR count). The first-order valence-electron chi connectivity index (χ1n) is 8.11. The van der Waals surface area contributed by atoms with Gasteiger partial charge in [0, 0.05) is 10.9 Å². The standard InChI is InChI=1S/C20H19NO3/c1-12-8-9-13(2)18-17(12)14(3)19(24-18)20(22)21-10-11-23-16-7-5-4-6-15(16)21/h4-9H,10-11H2,1-3H3. The van der Waals surface area contributed by atoms with E-state index in [2.05, 4.69) is 6.07 Å². The van der Waals surface area contributed by atoms with Gasteiger partial charge in [0.05, 0.1) is 12.2 Å². The Hall–Kier alpha value is -2.75. The van der Waals surface area contributed by atoms with Crippen LogP contribution < -0.4 is 9.64 Å². The highest BCUT2D eigenvalue weighted by Crippen LogP contribution is 2.35. The molecule has 2 heterocycles. The minimum Gasteiger partial charge on any atom is -0.490 e. The Balaban J connectivity index is 1.85. The van der Waals surface area contributed by atoms with E-state index in [4.69, 9.17) is 9.15 Å². The van der Waals surface area contributed by atoms with Crippen LogP contribution in [0.15, 0.2) is 40.8 Å². The number of aryl methyl sites for hydroxylation is 3. The predicted molar refractivity (Wildman–Crippen MR) is 94.0 cm³/mol. The lowest BCUT2D eigenvalue weighted by Gasteiger charge is -2.28. The van der Waals surface area contributed by atoms with Crippen molar-refractivity contribution in [3.05, 3.63) is 58.8 Å². The van der Waals surface area contributed by atoms with Crippen LogP contribution in [0.3, 0.4) is 0 Å². The van der Waals surface area contributed by atoms with E-state index in [0.29, 0.717) is 18.9 Å². The van der Waals surface area contributed by atoms with Crippen molar-refractivity contribution in [3.63, 3.8) is 0 Å². The van der Waals surface area contributed by atoms with Crippen LogP contribution in [0, 0.1) is 20.8 Å². The number of carbonyl (C=O) groups excluding carboxylic acids is 1. The number of benzene rings is 2. The summed E-state index contributed by atoms with van der Waals surface area (Å²) in [6.07, 6.45) is 0. The SMILES string of the molecule is Cc1ccc(C)c2c(C)c(C(=O)N3CCOc4ccccc43)oc12. The highest BCUT2D eigenvalue weighted by Gasteiger charge is 2.29. The van der Waals surface area contributed by atoms with Gasteiger partial charge in [-0.05, 0) is 44.0 Å². The number of anilines is 1. The molecule has 0 unspecified atom stereocenters. The minimum absolute atomic E-state index is 0.113. The molecule has 1 amide bonds. The van der Waals surface area contributed by atoms with Gasteiger partial charge in [-0.1, -0.05) is 24.3 Å². The molecule has 1 aromatic heterocycles. The van der Waals surface area contributed by atoms with Crippen molar-refractivity contribution in [3.8, 4) is 5.75 Å². The van der Waals surface area contributed by atoms with E-state index in [-0.39, 0.29) is 5.91 Å². The monoisotopic (exact) mass is 321 g/mol. The van der Waals surface area contributed by atoms with Crippen molar-refractivity contribution in [1.29, 1.82) is 0 Å². The van der Waals surface area contributed by atoms with E-state index >= 15 is 0 Å². The van der Waals surface area contributed by atoms with Gasteiger partial charge in [-0.25, -0.2) is 0 Å². The molecular formula is C20H19NO3. The summed E-state index contributed by atoms with van der Waals surface area (Å²) >= 11 is 0. The molecule has 4 heteroatoms. The Morgan fingerprint density at radius 2 is 1.79 bits per heavy atom. The third-order valence-electron chi connectivity index (χ3n) is 4.65. The molecule has 1 aliphatic heterocycles. The van der Waals surface area contributed by atoms with Gasteiger partial charge in [-0.2, -0.15) is 0 Å². The molecule has 0 saturated carbocycles. The van der Waals surface area contributed by atoms with Gasteiger partial charge >= 0.3 is 0 Å². The smallest absolute Gasteiger partial charge is 0.294 e. The van der Waals surface area contributed by atoms with Crippen LogP contribution in [0.25, 0.3) is 11.0 Å². The van der Waals surface area contributed by atoms with Crippen molar-refractivity contribution in [2.24, 2.45) is 0 Å². The summed E-state index contributed by atoms with van der Waals surface area (Å²) in [5.74, 6) is 1.04. The van der Waals surface area contributed by atoms with E-state index in [1.165, 1.54) is 0 Å². The first kappa shape index (κ1) is 14.8. The average Bonchev–Trinajstić information content (AvgIpc) is 2.96. The van der Waals surface area contributed by atoms with Crippen LogP contribution in [-0.2, 0) is 0 Å². The minimum atomic E-state index is -0.113. The number of rotatable bonds is 1. The lowest BCUT2D eigenvalue weighted by molar-refractivity contribution is 0.0951. The summed E-state index contributed by atoms with van der Waals surface area (Å²) in [6, 6.07) is 11.7. The molecule has 0 bridgehead atoms. The second-order valence-electron chi connectivity index (χ2n) is 6.23. The number of ether oxygens (including phenoxy) is 1. The number of nitrogens with zero attached hydrogens (tertiary/aromatic N) is 1. The zero-order valence-electron chi connectivity index (χ0n) is 14.1. The maximum Gasteiger partial charge on any atom is 0.294 e. The normalized spacial score (nSPS) is 13.7. The average molecular weight is 321 g/mol. The molecule has 0 radical (unpaired) electrons. The molecule has 0 saturated heterocycles. The number of amides is 1. The molecular weight excluding hydrogens is 302 g/mol. The molecule has 4 nitrogen and oxygen atoms in total. The predicted octanol–water partition coefficient (Wildman–Crippen LogP) is 4.40. The largest absolute Gasteiger partial charge is 0.490 e. The van der Waals surface area contributed by atoms with E-state index in [1.807, 2.05) is 51.1 Å². The van der Waals surface area contributed by atoms with E-state index in [0.717, 1.165) is 39.1 Å². The molecule has 0 spiro atoms. The summed E-state index contributed by atoms with van der Waals surface area (Å²) in [6.45, 7) is 7.01. The fraction of sp³-hybridized carbons (Fsp3) is 0.250. The van der Waals surface area contributed by atoms with Crippen molar-refractivity contribution in [1.82, 2.24) is 0 Å². The molecule has 1 aliphatic rings. The lowest BCUT2D eigenvalue weighted by atomic mass is 10.0. The number of furan rings is 1. The van der Waals surface area contributed by atoms with Gasteiger partial charge in [0.25, 0.3) is 5.91 Å². The number of para-hydroxylation sites is 2. The first-order chi connectivity index (χ1) is 11.6. The van der Waals surface area contributed by atoms with Crippen molar-refractivity contribution < 1.29 is 13.9 Å². The molecule has 122 valence electrons. The van der Waals surface area contributed by atoms with Crippen molar-refractivity contribution in [2.45, 2.75) is 20.8 Å². The van der Waals surface area contributed by atoms with E-state index in [9.17, 15) is 4.79 Å². The Bertz CT molecular complexity index is 955. The molecule has 24 heavy (non-hydrogen) atoms. The fourth-order valence-electron chi connectivity index (χ4n) is 3.38. The number of fused-ring (bicyclic) bond motifs is 2. The van der Waals surface area contributed by atoms with Crippen LogP contribution in [0.4, 0.5) is 5.69 Å². The van der Waals surface area contributed by atoms with Crippen LogP contribution in [0.2, 0.25) is 0 Å².